The highest BCUT2D eigenvalue weighted by Gasteiger charge is 2.19. The van der Waals surface area contributed by atoms with Crippen molar-refractivity contribution >= 4 is 32.8 Å². The molecule has 84 valence electrons. The Labute approximate surface area is 101 Å². The molecule has 16 heavy (non-hydrogen) atoms. The lowest BCUT2D eigenvalue weighted by Gasteiger charge is -2.00. The highest BCUT2D eigenvalue weighted by molar-refractivity contribution is 7.93. The summed E-state index contributed by atoms with van der Waals surface area (Å²) in [5, 5.41) is 0. The molecule has 0 fully saturated rings. The lowest BCUT2D eigenvalue weighted by molar-refractivity contribution is 0.596. The van der Waals surface area contributed by atoms with Crippen molar-refractivity contribution in [2.75, 3.05) is 0 Å². The minimum atomic E-state index is -3.57. The molecule has 6 heteroatoms. The van der Waals surface area contributed by atoms with Gasteiger partial charge in [-0.05, 0) is 36.4 Å². The maximum absolute atomic E-state index is 12.7. The van der Waals surface area contributed by atoms with Gasteiger partial charge in [0.2, 0.25) is 9.84 Å². The van der Waals surface area contributed by atoms with Crippen LogP contribution in [0.5, 0.6) is 0 Å². The number of hydrogen-bond donors (Lipinski definition) is 0. The average Bonchev–Trinajstić information content (AvgIpc) is 2.66. The fraction of sp³-hybridized carbons (Fsp3) is 0. The highest BCUT2D eigenvalue weighted by Crippen LogP contribution is 2.30. The van der Waals surface area contributed by atoms with Crippen molar-refractivity contribution in [1.29, 1.82) is 0 Å². The number of halogens is 2. The van der Waals surface area contributed by atoms with Gasteiger partial charge in [-0.15, -0.1) is 11.3 Å². The normalized spacial score (nSPS) is 11.6. The van der Waals surface area contributed by atoms with E-state index >= 15 is 0 Å². The van der Waals surface area contributed by atoms with Crippen molar-refractivity contribution in [2.24, 2.45) is 0 Å². The van der Waals surface area contributed by atoms with Crippen LogP contribution < -0.4 is 0 Å². The minimum Gasteiger partial charge on any atom is -0.218 e. The monoisotopic (exact) mass is 276 g/mol. The Hall–Kier alpha value is -0.910. The van der Waals surface area contributed by atoms with Crippen LogP contribution in [0.1, 0.15) is 0 Å². The van der Waals surface area contributed by atoms with Crippen LogP contribution >= 0.6 is 22.9 Å². The summed E-state index contributed by atoms with van der Waals surface area (Å²) in [4.78, 5) is 0.0624. The zero-order valence-electron chi connectivity index (χ0n) is 7.85. The molecule has 0 amide bonds. The summed E-state index contributed by atoms with van der Waals surface area (Å²) >= 11 is 6.65. The Kier molecular flexibility index (Phi) is 3.01. The van der Waals surface area contributed by atoms with Crippen molar-refractivity contribution in [3.05, 3.63) is 46.6 Å². The third-order valence-corrected chi connectivity index (χ3v) is 5.43. The SMILES string of the molecule is O=S(=O)(c1ccc(F)cc1)c1ccc(Cl)s1. The largest absolute Gasteiger partial charge is 0.218 e. The van der Waals surface area contributed by atoms with Gasteiger partial charge in [-0.1, -0.05) is 11.6 Å². The summed E-state index contributed by atoms with van der Waals surface area (Å²) in [6, 6.07) is 7.65. The third kappa shape index (κ3) is 2.11. The zero-order chi connectivity index (χ0) is 11.8. The van der Waals surface area contributed by atoms with E-state index in [9.17, 15) is 12.8 Å². The molecule has 0 N–H and O–H groups in total. The first kappa shape index (κ1) is 11.6. The van der Waals surface area contributed by atoms with Crippen molar-refractivity contribution in [1.82, 2.24) is 0 Å². The van der Waals surface area contributed by atoms with E-state index in [2.05, 4.69) is 0 Å². The van der Waals surface area contributed by atoms with Crippen LogP contribution in [0.15, 0.2) is 45.5 Å². The average molecular weight is 277 g/mol. The first-order chi connectivity index (χ1) is 7.50. The Morgan fingerprint density at radius 3 is 2.19 bits per heavy atom. The van der Waals surface area contributed by atoms with E-state index < -0.39 is 15.7 Å². The maximum Gasteiger partial charge on any atom is 0.216 e. The fourth-order valence-electron chi connectivity index (χ4n) is 1.17. The van der Waals surface area contributed by atoms with E-state index in [1.165, 1.54) is 24.3 Å². The molecule has 0 unspecified atom stereocenters. The summed E-state index contributed by atoms with van der Waals surface area (Å²) < 4.78 is 37.2. The van der Waals surface area contributed by atoms with Crippen molar-refractivity contribution < 1.29 is 12.8 Å². The fourth-order valence-corrected chi connectivity index (χ4v) is 4.06. The Morgan fingerprint density at radius 1 is 1.06 bits per heavy atom. The molecule has 0 aliphatic carbocycles. The first-order valence-corrected chi connectivity index (χ1v) is 6.94. The second kappa shape index (κ2) is 4.16. The molecule has 0 spiro atoms. The number of hydrogen-bond acceptors (Lipinski definition) is 3. The topological polar surface area (TPSA) is 34.1 Å². The smallest absolute Gasteiger partial charge is 0.216 e. The van der Waals surface area contributed by atoms with Crippen molar-refractivity contribution in [2.45, 2.75) is 9.10 Å². The molecular formula is C10H6ClFO2S2. The van der Waals surface area contributed by atoms with Crippen LogP contribution in [0.2, 0.25) is 4.34 Å². The van der Waals surface area contributed by atoms with Gasteiger partial charge in [0.15, 0.2) is 0 Å². The van der Waals surface area contributed by atoms with Crippen LogP contribution in [0, 0.1) is 5.82 Å². The van der Waals surface area contributed by atoms with E-state index in [0.29, 0.717) is 4.34 Å². The summed E-state index contributed by atoms with van der Waals surface area (Å²) in [7, 11) is -3.57. The van der Waals surface area contributed by atoms with Crippen LogP contribution in [-0.4, -0.2) is 8.42 Å². The number of benzene rings is 1. The molecule has 0 bridgehead atoms. The third-order valence-electron chi connectivity index (χ3n) is 1.94. The number of sulfone groups is 1. The Balaban J connectivity index is 2.51. The van der Waals surface area contributed by atoms with E-state index in [-0.39, 0.29) is 9.10 Å². The Morgan fingerprint density at radius 2 is 1.69 bits per heavy atom. The number of thiophene rings is 1. The van der Waals surface area contributed by atoms with Gasteiger partial charge in [0.1, 0.15) is 10.0 Å². The minimum absolute atomic E-state index is 0.0624. The predicted octanol–water partition coefficient (Wildman–Crippen LogP) is 3.37. The van der Waals surface area contributed by atoms with Gasteiger partial charge in [0.05, 0.1) is 9.23 Å². The van der Waals surface area contributed by atoms with Gasteiger partial charge >= 0.3 is 0 Å². The summed E-state index contributed by atoms with van der Waals surface area (Å²) in [6.45, 7) is 0. The molecule has 0 saturated heterocycles. The molecule has 2 aromatic rings. The van der Waals surface area contributed by atoms with Crippen molar-refractivity contribution in [3.8, 4) is 0 Å². The summed E-state index contributed by atoms with van der Waals surface area (Å²) in [5.74, 6) is -0.469. The van der Waals surface area contributed by atoms with Gasteiger partial charge in [-0.2, -0.15) is 0 Å². The number of rotatable bonds is 2. The van der Waals surface area contributed by atoms with Crippen LogP contribution in [-0.2, 0) is 9.84 Å². The second-order valence-electron chi connectivity index (χ2n) is 3.02. The van der Waals surface area contributed by atoms with E-state index in [4.69, 9.17) is 11.6 Å². The van der Waals surface area contributed by atoms with Crippen LogP contribution in [0.3, 0.4) is 0 Å². The molecule has 1 heterocycles. The molecular weight excluding hydrogens is 271 g/mol. The lowest BCUT2D eigenvalue weighted by Crippen LogP contribution is -1.99. The van der Waals surface area contributed by atoms with Gasteiger partial charge in [-0.25, -0.2) is 12.8 Å². The van der Waals surface area contributed by atoms with E-state index in [1.54, 1.807) is 0 Å². The zero-order valence-corrected chi connectivity index (χ0v) is 10.2. The molecule has 2 nitrogen and oxygen atoms in total. The summed E-state index contributed by atoms with van der Waals surface area (Å²) in [5.41, 5.74) is 0. The molecule has 0 radical (unpaired) electrons. The van der Waals surface area contributed by atoms with E-state index in [1.807, 2.05) is 0 Å². The summed E-state index contributed by atoms with van der Waals surface area (Å²) in [6.07, 6.45) is 0. The van der Waals surface area contributed by atoms with Crippen molar-refractivity contribution in [3.63, 3.8) is 0 Å². The molecule has 0 aliphatic heterocycles. The molecule has 0 saturated carbocycles. The van der Waals surface area contributed by atoms with Crippen LogP contribution in [0.4, 0.5) is 4.39 Å². The van der Waals surface area contributed by atoms with Gasteiger partial charge in [0, 0.05) is 0 Å². The van der Waals surface area contributed by atoms with Gasteiger partial charge < -0.3 is 0 Å². The molecule has 0 aliphatic rings. The second-order valence-corrected chi connectivity index (χ2v) is 6.91. The van der Waals surface area contributed by atoms with E-state index in [0.717, 1.165) is 23.5 Å². The molecule has 1 aromatic heterocycles. The maximum atomic E-state index is 12.7. The first-order valence-electron chi connectivity index (χ1n) is 4.26. The molecule has 2 rings (SSSR count). The molecule has 0 atom stereocenters. The standard InChI is InChI=1S/C10H6ClFO2S2/c11-9-5-6-10(15-9)16(13,14)8-3-1-7(12)2-4-8/h1-6H. The molecule has 1 aromatic carbocycles. The van der Waals surface area contributed by atoms with Gasteiger partial charge in [-0.3, -0.25) is 0 Å². The predicted molar refractivity (Wildman–Crippen MR) is 61.2 cm³/mol. The van der Waals surface area contributed by atoms with Crippen LogP contribution in [0.25, 0.3) is 0 Å². The Bertz CT molecular complexity index is 602. The highest BCUT2D eigenvalue weighted by atomic mass is 35.5. The quantitative estimate of drug-likeness (QED) is 0.788. The lowest BCUT2D eigenvalue weighted by atomic mass is 10.4. The van der Waals surface area contributed by atoms with Gasteiger partial charge in [0.25, 0.3) is 0 Å².